The summed E-state index contributed by atoms with van der Waals surface area (Å²) in [5, 5.41) is 2.94. The van der Waals surface area contributed by atoms with Gasteiger partial charge in [0.1, 0.15) is 0 Å². The Morgan fingerprint density at radius 1 is 1.23 bits per heavy atom. The smallest absolute Gasteiger partial charge is 0.308 e. The van der Waals surface area contributed by atoms with Gasteiger partial charge in [0.25, 0.3) is 0 Å². The van der Waals surface area contributed by atoms with Crippen molar-refractivity contribution in [1.29, 1.82) is 0 Å². The number of carbonyl (C=O) groups is 2. The van der Waals surface area contributed by atoms with Crippen molar-refractivity contribution < 1.29 is 19.1 Å². The number of nitrogens with zero attached hydrogens (tertiary/aromatic N) is 1. The molecule has 0 aromatic heterocycles. The zero-order valence-electron chi connectivity index (χ0n) is 15.8. The van der Waals surface area contributed by atoms with Gasteiger partial charge in [-0.25, -0.2) is 0 Å². The molecule has 0 bridgehead atoms. The minimum Gasteiger partial charge on any atom is -0.469 e. The van der Waals surface area contributed by atoms with Crippen LogP contribution in [0, 0.1) is 5.92 Å². The predicted octanol–water partition coefficient (Wildman–Crippen LogP) is 2.16. The van der Waals surface area contributed by atoms with Crippen LogP contribution in [-0.2, 0) is 19.1 Å². The van der Waals surface area contributed by atoms with Crippen LogP contribution in [-0.4, -0.2) is 56.7 Å². The molecule has 0 aliphatic carbocycles. The molecule has 0 radical (unpaired) electrons. The van der Waals surface area contributed by atoms with Gasteiger partial charge < -0.3 is 14.8 Å². The summed E-state index contributed by atoms with van der Waals surface area (Å²) in [6.45, 7) is 5.15. The Morgan fingerprint density at radius 2 is 1.92 bits per heavy atom. The standard InChI is InChI=1S/C20H30N2O4/c1-16(17-7-4-3-5-8-17)26-14-6-11-21-19(23)15-22-12-9-18(10-13-22)20(24)25-2/h3-5,7-8,16,18H,6,9-15H2,1-2H3,(H,21,23). The number of benzene rings is 1. The van der Waals surface area contributed by atoms with E-state index in [1.165, 1.54) is 7.11 Å². The van der Waals surface area contributed by atoms with Gasteiger partial charge in [-0.3, -0.25) is 14.5 Å². The monoisotopic (exact) mass is 362 g/mol. The van der Waals surface area contributed by atoms with Crippen LogP contribution in [0.2, 0.25) is 0 Å². The molecule has 144 valence electrons. The Morgan fingerprint density at radius 3 is 2.58 bits per heavy atom. The third-order valence-electron chi connectivity index (χ3n) is 4.77. The average molecular weight is 362 g/mol. The highest BCUT2D eigenvalue weighted by molar-refractivity contribution is 5.78. The summed E-state index contributed by atoms with van der Waals surface area (Å²) in [5.74, 6) is -0.139. The van der Waals surface area contributed by atoms with E-state index in [1.807, 2.05) is 25.1 Å². The quantitative estimate of drug-likeness (QED) is 0.539. The van der Waals surface area contributed by atoms with E-state index < -0.39 is 0 Å². The summed E-state index contributed by atoms with van der Waals surface area (Å²) < 4.78 is 10.6. The number of piperidine rings is 1. The van der Waals surface area contributed by atoms with Crippen molar-refractivity contribution in [2.24, 2.45) is 5.92 Å². The summed E-state index contributed by atoms with van der Waals surface area (Å²) in [7, 11) is 1.42. The molecule has 1 aromatic rings. The Kier molecular flexibility index (Phi) is 8.58. The number of likely N-dealkylation sites (tertiary alicyclic amines) is 1. The molecule has 26 heavy (non-hydrogen) atoms. The van der Waals surface area contributed by atoms with E-state index in [2.05, 4.69) is 22.3 Å². The molecule has 1 aliphatic rings. The minimum atomic E-state index is -0.140. The third-order valence-corrected chi connectivity index (χ3v) is 4.77. The van der Waals surface area contributed by atoms with E-state index in [-0.39, 0.29) is 23.9 Å². The lowest BCUT2D eigenvalue weighted by Gasteiger charge is -2.29. The molecule has 1 amide bonds. The molecule has 6 nitrogen and oxygen atoms in total. The normalized spacial score (nSPS) is 16.8. The summed E-state index contributed by atoms with van der Waals surface area (Å²) in [4.78, 5) is 25.6. The number of hydrogen-bond donors (Lipinski definition) is 1. The number of rotatable bonds is 9. The summed E-state index contributed by atoms with van der Waals surface area (Å²) >= 11 is 0. The SMILES string of the molecule is COC(=O)C1CCN(CC(=O)NCCCOC(C)c2ccccc2)CC1. The number of esters is 1. The first-order chi connectivity index (χ1) is 12.6. The largest absolute Gasteiger partial charge is 0.469 e. The second kappa shape index (κ2) is 10.9. The Bertz CT molecular complexity index is 556. The number of hydrogen-bond acceptors (Lipinski definition) is 5. The number of ether oxygens (including phenoxy) is 2. The van der Waals surface area contributed by atoms with Gasteiger partial charge in [-0.1, -0.05) is 30.3 Å². The molecule has 1 heterocycles. The van der Waals surface area contributed by atoms with Crippen LogP contribution < -0.4 is 5.32 Å². The van der Waals surface area contributed by atoms with Crippen LogP contribution in [0.1, 0.15) is 37.9 Å². The molecule has 0 spiro atoms. The number of amides is 1. The highest BCUT2D eigenvalue weighted by Crippen LogP contribution is 2.18. The van der Waals surface area contributed by atoms with Gasteiger partial charge in [0.05, 0.1) is 25.7 Å². The fraction of sp³-hybridized carbons (Fsp3) is 0.600. The van der Waals surface area contributed by atoms with E-state index >= 15 is 0 Å². The molecular formula is C20H30N2O4. The van der Waals surface area contributed by atoms with Crippen molar-refractivity contribution in [3.8, 4) is 0 Å². The van der Waals surface area contributed by atoms with E-state index in [9.17, 15) is 9.59 Å². The first kappa shape index (κ1) is 20.4. The Balaban J connectivity index is 1.53. The molecule has 2 rings (SSSR count). The summed E-state index contributed by atoms with van der Waals surface area (Å²) in [6.07, 6.45) is 2.35. The maximum atomic E-state index is 12.0. The van der Waals surface area contributed by atoms with Crippen molar-refractivity contribution in [3.63, 3.8) is 0 Å². The molecule has 1 N–H and O–H groups in total. The lowest BCUT2D eigenvalue weighted by Crippen LogP contribution is -2.43. The lowest BCUT2D eigenvalue weighted by atomic mass is 9.97. The van der Waals surface area contributed by atoms with Gasteiger partial charge in [0.15, 0.2) is 0 Å². The second-order valence-corrected chi connectivity index (χ2v) is 6.70. The minimum absolute atomic E-state index is 0.0249. The van der Waals surface area contributed by atoms with Crippen LogP contribution in [0.25, 0.3) is 0 Å². The van der Waals surface area contributed by atoms with Crippen LogP contribution in [0.3, 0.4) is 0 Å². The van der Waals surface area contributed by atoms with Gasteiger partial charge in [-0.05, 0) is 44.8 Å². The van der Waals surface area contributed by atoms with E-state index in [0.29, 0.717) is 19.7 Å². The molecule has 1 saturated heterocycles. The first-order valence-corrected chi connectivity index (χ1v) is 9.33. The topological polar surface area (TPSA) is 67.9 Å². The van der Waals surface area contributed by atoms with Crippen LogP contribution in [0.5, 0.6) is 0 Å². The van der Waals surface area contributed by atoms with Gasteiger partial charge in [0.2, 0.25) is 5.91 Å². The maximum absolute atomic E-state index is 12.0. The van der Waals surface area contributed by atoms with E-state index in [1.54, 1.807) is 0 Å². The third kappa shape index (κ3) is 6.77. The lowest BCUT2D eigenvalue weighted by molar-refractivity contribution is -0.147. The molecule has 1 aromatic carbocycles. The van der Waals surface area contributed by atoms with Crippen molar-refractivity contribution >= 4 is 11.9 Å². The molecule has 6 heteroatoms. The van der Waals surface area contributed by atoms with Crippen molar-refractivity contribution in [3.05, 3.63) is 35.9 Å². The van der Waals surface area contributed by atoms with Crippen LogP contribution in [0.4, 0.5) is 0 Å². The zero-order valence-corrected chi connectivity index (χ0v) is 15.8. The van der Waals surface area contributed by atoms with E-state index in [0.717, 1.165) is 37.9 Å². The molecule has 1 fully saturated rings. The van der Waals surface area contributed by atoms with Gasteiger partial charge in [-0.2, -0.15) is 0 Å². The van der Waals surface area contributed by atoms with Gasteiger partial charge in [0, 0.05) is 13.2 Å². The zero-order chi connectivity index (χ0) is 18.8. The van der Waals surface area contributed by atoms with Gasteiger partial charge in [-0.15, -0.1) is 0 Å². The fourth-order valence-electron chi connectivity index (χ4n) is 3.13. The second-order valence-electron chi connectivity index (χ2n) is 6.70. The van der Waals surface area contributed by atoms with Crippen molar-refractivity contribution in [2.45, 2.75) is 32.3 Å². The van der Waals surface area contributed by atoms with Gasteiger partial charge >= 0.3 is 5.97 Å². The molecule has 1 aliphatic heterocycles. The number of carbonyl (C=O) groups excluding carboxylic acids is 2. The number of methoxy groups -OCH3 is 1. The predicted molar refractivity (Wildman–Crippen MR) is 99.6 cm³/mol. The fourth-order valence-corrected chi connectivity index (χ4v) is 3.13. The molecule has 0 saturated carbocycles. The Labute approximate surface area is 155 Å². The maximum Gasteiger partial charge on any atom is 0.308 e. The highest BCUT2D eigenvalue weighted by atomic mass is 16.5. The van der Waals surface area contributed by atoms with E-state index in [4.69, 9.17) is 9.47 Å². The average Bonchev–Trinajstić information content (AvgIpc) is 2.68. The number of nitrogens with one attached hydrogen (secondary N) is 1. The van der Waals surface area contributed by atoms with Crippen LogP contribution >= 0.6 is 0 Å². The summed E-state index contributed by atoms with van der Waals surface area (Å²) in [5.41, 5.74) is 1.16. The molecule has 1 unspecified atom stereocenters. The van der Waals surface area contributed by atoms with Crippen LogP contribution in [0.15, 0.2) is 30.3 Å². The Hall–Kier alpha value is -1.92. The van der Waals surface area contributed by atoms with Crippen molar-refractivity contribution in [2.75, 3.05) is 39.9 Å². The summed E-state index contributed by atoms with van der Waals surface area (Å²) in [6, 6.07) is 10.1. The highest BCUT2D eigenvalue weighted by Gasteiger charge is 2.26. The molecule has 1 atom stereocenters. The first-order valence-electron chi connectivity index (χ1n) is 9.33. The van der Waals surface area contributed by atoms with Crippen molar-refractivity contribution in [1.82, 2.24) is 10.2 Å². The molecular weight excluding hydrogens is 332 g/mol.